The topological polar surface area (TPSA) is 68.0 Å². The Bertz CT molecular complexity index is 533. The average Bonchev–Trinajstić information content (AvgIpc) is 2.44. The first-order valence-corrected chi connectivity index (χ1v) is 7.13. The maximum absolute atomic E-state index is 12.3. The Morgan fingerprint density at radius 2 is 2.35 bits per heavy atom. The van der Waals surface area contributed by atoms with Crippen LogP contribution in [0.3, 0.4) is 0 Å². The predicted molar refractivity (Wildman–Crippen MR) is 79.1 cm³/mol. The summed E-state index contributed by atoms with van der Waals surface area (Å²) >= 11 is 0. The van der Waals surface area contributed by atoms with E-state index in [1.165, 1.54) is 19.3 Å². The highest BCUT2D eigenvalue weighted by Crippen LogP contribution is 2.43. The van der Waals surface area contributed by atoms with Gasteiger partial charge in [-0.05, 0) is 36.8 Å². The number of hydrogen-bond donors (Lipinski definition) is 2. The van der Waals surface area contributed by atoms with E-state index in [4.69, 9.17) is 5.73 Å². The van der Waals surface area contributed by atoms with E-state index in [1.807, 2.05) is 0 Å². The molecule has 0 bridgehead atoms. The van der Waals surface area contributed by atoms with E-state index in [0.717, 1.165) is 13.0 Å². The number of rotatable bonds is 4. The molecule has 1 amide bonds. The second-order valence-electron chi connectivity index (χ2n) is 5.30. The summed E-state index contributed by atoms with van der Waals surface area (Å²) in [5, 5.41) is 3.01. The second kappa shape index (κ2) is 6.53. The normalized spacial score (nSPS) is 15.7. The van der Waals surface area contributed by atoms with Gasteiger partial charge < -0.3 is 11.1 Å². The third-order valence-corrected chi connectivity index (χ3v) is 4.14. The molecule has 1 saturated carbocycles. The molecule has 0 radical (unpaired) electrons. The zero-order chi connectivity index (χ0) is 14.4. The standard InChI is InChI=1S/C16H21N3O/c1-2-16(8-5-9-16)12-19-15(20)14-13(6-3-10-17)7-4-11-18-14/h4,7,11H,2,5,8-10,12,17H2,1H3,(H,19,20). The minimum absolute atomic E-state index is 0.147. The van der Waals surface area contributed by atoms with Crippen molar-refractivity contribution < 1.29 is 4.79 Å². The summed E-state index contributed by atoms with van der Waals surface area (Å²) in [6.45, 7) is 3.18. The highest BCUT2D eigenvalue weighted by molar-refractivity contribution is 5.94. The fourth-order valence-corrected chi connectivity index (χ4v) is 2.52. The third-order valence-electron chi connectivity index (χ3n) is 4.14. The van der Waals surface area contributed by atoms with Crippen LogP contribution in [-0.2, 0) is 0 Å². The largest absolute Gasteiger partial charge is 0.350 e. The van der Waals surface area contributed by atoms with Crippen LogP contribution in [0.1, 0.15) is 48.7 Å². The van der Waals surface area contributed by atoms with Gasteiger partial charge in [-0.3, -0.25) is 4.79 Å². The number of nitrogens with two attached hydrogens (primary N) is 1. The molecule has 0 aromatic carbocycles. The van der Waals surface area contributed by atoms with Gasteiger partial charge in [0.15, 0.2) is 0 Å². The zero-order valence-electron chi connectivity index (χ0n) is 11.9. The van der Waals surface area contributed by atoms with Crippen molar-refractivity contribution >= 4 is 5.91 Å². The van der Waals surface area contributed by atoms with Crippen LogP contribution in [0.2, 0.25) is 0 Å². The molecule has 4 nitrogen and oxygen atoms in total. The SMILES string of the molecule is CCC1(CNC(=O)c2ncccc2C#CCN)CCC1. The molecule has 1 aromatic rings. The average molecular weight is 271 g/mol. The number of pyridine rings is 1. The molecule has 0 aliphatic heterocycles. The van der Waals surface area contributed by atoms with Gasteiger partial charge in [0.2, 0.25) is 0 Å². The van der Waals surface area contributed by atoms with Crippen LogP contribution >= 0.6 is 0 Å². The molecular weight excluding hydrogens is 250 g/mol. The molecule has 1 fully saturated rings. The third kappa shape index (κ3) is 3.17. The van der Waals surface area contributed by atoms with Crippen LogP contribution in [0, 0.1) is 17.3 Å². The van der Waals surface area contributed by atoms with Crippen LogP contribution in [0.5, 0.6) is 0 Å². The van der Waals surface area contributed by atoms with Gasteiger partial charge in [-0.2, -0.15) is 0 Å². The Morgan fingerprint density at radius 1 is 1.55 bits per heavy atom. The summed E-state index contributed by atoms with van der Waals surface area (Å²) in [7, 11) is 0. The van der Waals surface area contributed by atoms with Crippen molar-refractivity contribution in [3.63, 3.8) is 0 Å². The van der Waals surface area contributed by atoms with E-state index in [1.54, 1.807) is 18.3 Å². The minimum Gasteiger partial charge on any atom is -0.350 e. The zero-order valence-corrected chi connectivity index (χ0v) is 11.9. The van der Waals surface area contributed by atoms with Crippen molar-refractivity contribution in [3.8, 4) is 11.8 Å². The molecule has 0 spiro atoms. The second-order valence-corrected chi connectivity index (χ2v) is 5.30. The molecule has 20 heavy (non-hydrogen) atoms. The smallest absolute Gasteiger partial charge is 0.271 e. The summed E-state index contributed by atoms with van der Waals surface area (Å²) in [4.78, 5) is 16.4. The first kappa shape index (κ1) is 14.5. The lowest BCUT2D eigenvalue weighted by molar-refractivity contribution is 0.0845. The molecule has 106 valence electrons. The summed E-state index contributed by atoms with van der Waals surface area (Å²) in [6.07, 6.45) is 6.38. The van der Waals surface area contributed by atoms with Gasteiger partial charge in [-0.25, -0.2) is 4.98 Å². The summed E-state index contributed by atoms with van der Waals surface area (Å²) in [6, 6.07) is 3.57. The van der Waals surface area contributed by atoms with Gasteiger partial charge in [0.05, 0.1) is 12.1 Å². The fraction of sp³-hybridized carbons (Fsp3) is 0.500. The number of aromatic nitrogens is 1. The molecule has 2 rings (SSSR count). The molecule has 0 unspecified atom stereocenters. The van der Waals surface area contributed by atoms with Gasteiger partial charge in [-0.15, -0.1) is 0 Å². The Labute approximate surface area is 120 Å². The minimum atomic E-state index is -0.147. The molecular formula is C16H21N3O. The quantitative estimate of drug-likeness (QED) is 0.819. The first-order valence-electron chi connectivity index (χ1n) is 7.13. The predicted octanol–water partition coefficient (Wildman–Crippen LogP) is 1.70. The molecule has 1 aromatic heterocycles. The number of amides is 1. The number of hydrogen-bond acceptors (Lipinski definition) is 3. The molecule has 1 aliphatic carbocycles. The Hall–Kier alpha value is -1.86. The molecule has 3 N–H and O–H groups in total. The Balaban J connectivity index is 2.05. The monoisotopic (exact) mass is 271 g/mol. The van der Waals surface area contributed by atoms with E-state index in [2.05, 4.69) is 29.1 Å². The van der Waals surface area contributed by atoms with Crippen molar-refractivity contribution in [3.05, 3.63) is 29.6 Å². The fourth-order valence-electron chi connectivity index (χ4n) is 2.52. The van der Waals surface area contributed by atoms with Crippen LogP contribution < -0.4 is 11.1 Å². The van der Waals surface area contributed by atoms with Gasteiger partial charge in [0.25, 0.3) is 5.91 Å². The summed E-state index contributed by atoms with van der Waals surface area (Å²) < 4.78 is 0. The highest BCUT2D eigenvalue weighted by atomic mass is 16.1. The van der Waals surface area contributed by atoms with Gasteiger partial charge >= 0.3 is 0 Å². The van der Waals surface area contributed by atoms with Crippen LogP contribution in [0.25, 0.3) is 0 Å². The maximum atomic E-state index is 12.3. The van der Waals surface area contributed by atoms with Gasteiger partial charge in [-0.1, -0.05) is 25.2 Å². The Kier molecular flexibility index (Phi) is 4.75. The first-order chi connectivity index (χ1) is 9.71. The summed E-state index contributed by atoms with van der Waals surface area (Å²) in [5.74, 6) is 5.51. The number of carbonyl (C=O) groups excluding carboxylic acids is 1. The van der Waals surface area contributed by atoms with Crippen molar-refractivity contribution in [2.24, 2.45) is 11.1 Å². The number of carbonyl (C=O) groups is 1. The van der Waals surface area contributed by atoms with E-state index < -0.39 is 0 Å². The molecule has 4 heteroatoms. The van der Waals surface area contributed by atoms with E-state index in [0.29, 0.717) is 16.7 Å². The van der Waals surface area contributed by atoms with E-state index >= 15 is 0 Å². The number of nitrogens with one attached hydrogen (secondary N) is 1. The van der Waals surface area contributed by atoms with Crippen LogP contribution in [0.15, 0.2) is 18.3 Å². The Morgan fingerprint density at radius 3 is 2.95 bits per heavy atom. The van der Waals surface area contributed by atoms with E-state index in [-0.39, 0.29) is 12.5 Å². The molecule has 0 atom stereocenters. The number of nitrogens with zero attached hydrogens (tertiary/aromatic N) is 1. The van der Waals surface area contributed by atoms with E-state index in [9.17, 15) is 4.79 Å². The van der Waals surface area contributed by atoms with Crippen molar-refractivity contribution in [1.29, 1.82) is 0 Å². The van der Waals surface area contributed by atoms with Gasteiger partial charge in [0, 0.05) is 12.7 Å². The van der Waals surface area contributed by atoms with Crippen LogP contribution in [-0.4, -0.2) is 24.0 Å². The molecule has 1 aliphatic rings. The molecule has 0 saturated heterocycles. The lowest BCUT2D eigenvalue weighted by Gasteiger charge is -2.41. The maximum Gasteiger partial charge on any atom is 0.271 e. The molecule has 1 heterocycles. The lowest BCUT2D eigenvalue weighted by Crippen LogP contribution is -2.42. The lowest BCUT2D eigenvalue weighted by atomic mass is 9.67. The van der Waals surface area contributed by atoms with Gasteiger partial charge in [0.1, 0.15) is 5.69 Å². The summed E-state index contributed by atoms with van der Waals surface area (Å²) in [5.41, 5.74) is 6.69. The highest BCUT2D eigenvalue weighted by Gasteiger charge is 2.35. The van der Waals surface area contributed by atoms with Crippen LogP contribution in [0.4, 0.5) is 0 Å². The van der Waals surface area contributed by atoms with Crippen molar-refractivity contribution in [2.45, 2.75) is 32.6 Å². The van der Waals surface area contributed by atoms with Crippen molar-refractivity contribution in [2.75, 3.05) is 13.1 Å². The van der Waals surface area contributed by atoms with Crippen molar-refractivity contribution in [1.82, 2.24) is 10.3 Å².